The van der Waals surface area contributed by atoms with Gasteiger partial charge in [0.1, 0.15) is 0 Å². The van der Waals surface area contributed by atoms with Crippen molar-refractivity contribution in [3.63, 3.8) is 0 Å². The lowest BCUT2D eigenvalue weighted by Gasteiger charge is -2.37. The van der Waals surface area contributed by atoms with E-state index in [2.05, 4.69) is 28.0 Å². The zero-order chi connectivity index (χ0) is 16.8. The topological polar surface area (TPSA) is 42.0 Å². The second-order valence-electron chi connectivity index (χ2n) is 6.85. The molecule has 5 rings (SSSR count). The summed E-state index contributed by atoms with van der Waals surface area (Å²) in [7, 11) is 0. The number of piperidine rings is 1. The van der Waals surface area contributed by atoms with Gasteiger partial charge in [-0.15, -0.1) is 0 Å². The molecule has 3 aliphatic heterocycles. The number of hydrogen-bond donors (Lipinski definition) is 0. The van der Waals surface area contributed by atoms with E-state index < -0.39 is 0 Å². The number of fused-ring (bicyclic) bond motifs is 2. The summed E-state index contributed by atoms with van der Waals surface area (Å²) < 4.78 is 10.9. The first kappa shape index (κ1) is 14.6. The van der Waals surface area contributed by atoms with Crippen molar-refractivity contribution in [2.45, 2.75) is 25.4 Å². The lowest BCUT2D eigenvalue weighted by molar-refractivity contribution is 0.0675. The predicted octanol–water partition coefficient (Wildman–Crippen LogP) is 3.04. The molecule has 1 amide bonds. The molecule has 128 valence electrons. The summed E-state index contributed by atoms with van der Waals surface area (Å²) in [6.07, 6.45) is 1.99. The highest BCUT2D eigenvalue weighted by atomic mass is 16.7. The molecule has 0 atom stereocenters. The number of hydrogen-bond acceptors (Lipinski definition) is 4. The molecular weight excluding hydrogens is 316 g/mol. The van der Waals surface area contributed by atoms with E-state index in [-0.39, 0.29) is 5.91 Å². The minimum absolute atomic E-state index is 0.192. The van der Waals surface area contributed by atoms with Crippen molar-refractivity contribution >= 4 is 11.6 Å². The summed E-state index contributed by atoms with van der Waals surface area (Å²) in [6.45, 7) is 2.96. The monoisotopic (exact) mass is 336 g/mol. The van der Waals surface area contributed by atoms with E-state index in [1.54, 1.807) is 0 Å². The minimum atomic E-state index is 0.192. The molecule has 0 N–H and O–H groups in total. The van der Waals surface area contributed by atoms with Crippen LogP contribution in [0.5, 0.6) is 11.5 Å². The molecule has 1 fully saturated rings. The summed E-state index contributed by atoms with van der Waals surface area (Å²) in [4.78, 5) is 17.1. The van der Waals surface area contributed by atoms with Gasteiger partial charge < -0.3 is 19.3 Å². The molecule has 5 heteroatoms. The highest BCUT2D eigenvalue weighted by molar-refractivity contribution is 5.98. The molecule has 2 aromatic carbocycles. The molecule has 0 aliphatic carbocycles. The van der Waals surface area contributed by atoms with Crippen molar-refractivity contribution in [3.05, 3.63) is 53.6 Å². The van der Waals surface area contributed by atoms with E-state index in [0.717, 1.165) is 55.1 Å². The Morgan fingerprint density at radius 2 is 1.76 bits per heavy atom. The van der Waals surface area contributed by atoms with Gasteiger partial charge in [-0.2, -0.15) is 0 Å². The summed E-state index contributed by atoms with van der Waals surface area (Å²) in [5.41, 5.74) is 3.20. The highest BCUT2D eigenvalue weighted by Crippen LogP contribution is 2.37. The van der Waals surface area contributed by atoms with Gasteiger partial charge in [0.15, 0.2) is 11.5 Å². The van der Waals surface area contributed by atoms with Crippen LogP contribution < -0.4 is 14.4 Å². The Kier molecular flexibility index (Phi) is 3.33. The maximum atomic E-state index is 12.7. The largest absolute Gasteiger partial charge is 0.454 e. The van der Waals surface area contributed by atoms with Crippen molar-refractivity contribution in [1.29, 1.82) is 0 Å². The molecule has 0 unspecified atom stereocenters. The molecule has 0 aromatic heterocycles. The zero-order valence-electron chi connectivity index (χ0n) is 14.0. The second-order valence-corrected chi connectivity index (χ2v) is 6.85. The van der Waals surface area contributed by atoms with Crippen molar-refractivity contribution in [2.75, 3.05) is 24.8 Å². The van der Waals surface area contributed by atoms with E-state index in [1.165, 1.54) is 5.69 Å². The Morgan fingerprint density at radius 1 is 0.960 bits per heavy atom. The molecule has 0 saturated carbocycles. The standard InChI is InChI=1S/C20H20N2O3/c23-20-17-4-2-1-3-14(17)12-22(20)15-7-9-21(10-8-15)16-5-6-18-19(11-16)25-13-24-18/h1-6,11,15H,7-10,12-13H2. The number of carbonyl (C=O) groups excluding carboxylic acids is 1. The molecule has 3 aliphatic rings. The third-order valence-electron chi connectivity index (χ3n) is 5.48. The third kappa shape index (κ3) is 2.42. The van der Waals surface area contributed by atoms with Crippen LogP contribution in [0, 0.1) is 0 Å². The van der Waals surface area contributed by atoms with E-state index in [0.29, 0.717) is 12.8 Å². The lowest BCUT2D eigenvalue weighted by Crippen LogP contribution is -2.45. The molecule has 1 saturated heterocycles. The van der Waals surface area contributed by atoms with Crippen LogP contribution in [0.2, 0.25) is 0 Å². The molecule has 0 spiro atoms. The van der Waals surface area contributed by atoms with Gasteiger partial charge in [0.2, 0.25) is 6.79 Å². The molecule has 5 nitrogen and oxygen atoms in total. The molecule has 3 heterocycles. The number of carbonyl (C=O) groups is 1. The highest BCUT2D eigenvalue weighted by Gasteiger charge is 2.34. The van der Waals surface area contributed by atoms with Gasteiger partial charge in [0, 0.05) is 43.0 Å². The van der Waals surface area contributed by atoms with Gasteiger partial charge in [-0.25, -0.2) is 0 Å². The second kappa shape index (κ2) is 5.69. The predicted molar refractivity (Wildman–Crippen MR) is 94.1 cm³/mol. The molecular formula is C20H20N2O3. The Labute approximate surface area is 146 Å². The maximum absolute atomic E-state index is 12.7. The third-order valence-corrected chi connectivity index (χ3v) is 5.48. The van der Waals surface area contributed by atoms with Gasteiger partial charge in [-0.1, -0.05) is 18.2 Å². The van der Waals surface area contributed by atoms with Crippen LogP contribution in [0.4, 0.5) is 5.69 Å². The quantitative estimate of drug-likeness (QED) is 0.845. The number of ether oxygens (including phenoxy) is 2. The number of rotatable bonds is 2. The minimum Gasteiger partial charge on any atom is -0.454 e. The van der Waals surface area contributed by atoms with E-state index >= 15 is 0 Å². The average molecular weight is 336 g/mol. The molecule has 0 bridgehead atoms. The smallest absolute Gasteiger partial charge is 0.254 e. The van der Waals surface area contributed by atoms with Crippen molar-refractivity contribution < 1.29 is 14.3 Å². The molecule has 25 heavy (non-hydrogen) atoms. The number of anilines is 1. The summed E-state index contributed by atoms with van der Waals surface area (Å²) in [5, 5.41) is 0. The van der Waals surface area contributed by atoms with Crippen LogP contribution in [0.3, 0.4) is 0 Å². The SMILES string of the molecule is O=C1c2ccccc2CN1C1CCN(c2ccc3c(c2)OCO3)CC1. The Hall–Kier alpha value is -2.69. The first-order valence-corrected chi connectivity index (χ1v) is 8.83. The van der Waals surface area contributed by atoms with Crippen LogP contribution in [0.1, 0.15) is 28.8 Å². The van der Waals surface area contributed by atoms with Gasteiger partial charge >= 0.3 is 0 Å². The van der Waals surface area contributed by atoms with Gasteiger partial charge in [0.25, 0.3) is 5.91 Å². The normalized spacial score (nSPS) is 19.4. The first-order chi connectivity index (χ1) is 12.3. The average Bonchev–Trinajstić information content (AvgIpc) is 3.26. The summed E-state index contributed by atoms with van der Waals surface area (Å²) >= 11 is 0. The Morgan fingerprint density at radius 3 is 2.60 bits per heavy atom. The van der Waals surface area contributed by atoms with E-state index in [4.69, 9.17) is 9.47 Å². The fourth-order valence-corrected chi connectivity index (χ4v) is 4.09. The van der Waals surface area contributed by atoms with Crippen molar-refractivity contribution in [2.24, 2.45) is 0 Å². The fourth-order valence-electron chi connectivity index (χ4n) is 4.09. The van der Waals surface area contributed by atoms with Crippen LogP contribution >= 0.6 is 0 Å². The van der Waals surface area contributed by atoms with E-state index in [9.17, 15) is 4.79 Å². The van der Waals surface area contributed by atoms with E-state index in [1.807, 2.05) is 24.3 Å². The lowest BCUT2D eigenvalue weighted by atomic mass is 10.0. The summed E-state index contributed by atoms with van der Waals surface area (Å²) in [5.74, 6) is 1.83. The molecule has 2 aromatic rings. The van der Waals surface area contributed by atoms with Gasteiger partial charge in [0.05, 0.1) is 0 Å². The van der Waals surface area contributed by atoms with Crippen molar-refractivity contribution in [1.82, 2.24) is 4.90 Å². The van der Waals surface area contributed by atoms with Crippen molar-refractivity contribution in [3.8, 4) is 11.5 Å². The van der Waals surface area contributed by atoms with Gasteiger partial charge in [-0.05, 0) is 36.6 Å². The Balaban J connectivity index is 1.27. The number of benzene rings is 2. The number of amides is 1. The fraction of sp³-hybridized carbons (Fsp3) is 0.350. The number of nitrogens with zero attached hydrogens (tertiary/aromatic N) is 2. The zero-order valence-corrected chi connectivity index (χ0v) is 14.0. The van der Waals surface area contributed by atoms with Crippen LogP contribution in [-0.4, -0.2) is 36.7 Å². The Bertz CT molecular complexity index is 827. The summed E-state index contributed by atoms with van der Waals surface area (Å²) in [6, 6.07) is 14.4. The maximum Gasteiger partial charge on any atom is 0.254 e. The van der Waals surface area contributed by atoms with Crippen LogP contribution in [-0.2, 0) is 6.54 Å². The van der Waals surface area contributed by atoms with Gasteiger partial charge in [-0.3, -0.25) is 4.79 Å². The van der Waals surface area contributed by atoms with Crippen LogP contribution in [0.15, 0.2) is 42.5 Å². The molecule has 0 radical (unpaired) electrons. The van der Waals surface area contributed by atoms with Crippen LogP contribution in [0.25, 0.3) is 0 Å². The first-order valence-electron chi connectivity index (χ1n) is 8.83.